The largest absolute Gasteiger partial charge is 0.454 e. The van der Waals surface area contributed by atoms with Crippen LogP contribution >= 0.6 is 11.3 Å². The molecule has 0 saturated carbocycles. The van der Waals surface area contributed by atoms with E-state index in [0.717, 1.165) is 138 Å². The molecule has 15 heteroatoms. The first kappa shape index (κ1) is 87.3. The number of aromatic nitrogens is 13. The van der Waals surface area contributed by atoms with E-state index in [9.17, 15) is 0 Å². The second-order valence-electron chi connectivity index (χ2n) is 39.8. The molecule has 29 aromatic rings. The van der Waals surface area contributed by atoms with Gasteiger partial charge in [0.05, 0.1) is 43.3 Å². The van der Waals surface area contributed by atoms with Crippen LogP contribution in [0.3, 0.4) is 0 Å². The molecule has 150 heavy (non-hydrogen) atoms. The van der Waals surface area contributed by atoms with E-state index in [2.05, 4.69) is 422 Å². The quantitative estimate of drug-likeness (QED) is 0.116. The van der Waals surface area contributed by atoms with Crippen LogP contribution in [-0.2, 0) is 10.8 Å². The zero-order chi connectivity index (χ0) is 99.6. The Kier molecular flexibility index (Phi) is 20.2. The second-order valence-corrected chi connectivity index (χ2v) is 40.9. The fraction of sp³-hybridized carbons (Fsp3) is 0.0444. The van der Waals surface area contributed by atoms with E-state index in [-0.39, 0.29) is 10.8 Å². The number of benzene rings is 20. The van der Waals surface area contributed by atoms with Crippen LogP contribution in [0.15, 0.2) is 472 Å². The maximum Gasteiger partial charge on any atom is 0.238 e. The van der Waals surface area contributed by atoms with Crippen LogP contribution in [0.4, 0.5) is 0 Å². The highest BCUT2D eigenvalue weighted by Crippen LogP contribution is 2.54. The highest BCUT2D eigenvalue weighted by Gasteiger charge is 2.39. The van der Waals surface area contributed by atoms with Crippen LogP contribution in [-0.4, -0.2) is 63.1 Å². The van der Waals surface area contributed by atoms with Crippen molar-refractivity contribution in [2.24, 2.45) is 0 Å². The van der Waals surface area contributed by atoms with Gasteiger partial charge in [0.2, 0.25) is 17.8 Å². The van der Waals surface area contributed by atoms with Gasteiger partial charge < -0.3 is 8.98 Å². The zero-order valence-electron chi connectivity index (χ0n) is 82.1. The Morgan fingerprint density at radius 2 is 0.513 bits per heavy atom. The summed E-state index contributed by atoms with van der Waals surface area (Å²) >= 11 is 1.84. The molecule has 0 bridgehead atoms. The first-order valence-electron chi connectivity index (χ1n) is 50.8. The van der Waals surface area contributed by atoms with Crippen LogP contribution < -0.4 is 0 Å². The van der Waals surface area contributed by atoms with Gasteiger partial charge in [0, 0.05) is 119 Å². The summed E-state index contributed by atoms with van der Waals surface area (Å²) in [6.45, 7) is 9.30. The SMILES string of the molecule is CC1(C)c2ccccc2-c2ccc(-c3nc(-c4ccc5c(c4)C(C)(C)c4ccccc4-5)nc(-n4c5ccccc5c5ccc6c7ccccc7sc6c54)n3)cc21.c1ccc(-c2ccc(-c3nc(-c4ccc(-c5ccccc5)cc4)nc(-n4c5ccccc5c5ccc6c7ccccc7oc6c54)n3)cc2)cc1.c1ccc(-c2nc(-c3ccccc3)nc(-n3c4ccccc4c4cc5c(cc43)c3ccccc3n5-c3ccccc3)n2)cc1. The van der Waals surface area contributed by atoms with Gasteiger partial charge in [0.25, 0.3) is 0 Å². The predicted molar refractivity (Wildman–Crippen MR) is 616 cm³/mol. The third kappa shape index (κ3) is 14.2. The van der Waals surface area contributed by atoms with Gasteiger partial charge in [-0.2, -0.15) is 29.9 Å². The molecule has 0 fully saturated rings. The highest BCUT2D eigenvalue weighted by atomic mass is 32.1. The van der Waals surface area contributed by atoms with Crippen molar-refractivity contribution in [2.45, 2.75) is 38.5 Å². The van der Waals surface area contributed by atoms with Gasteiger partial charge in [-0.15, -0.1) is 11.3 Å². The Morgan fingerprint density at radius 3 is 0.993 bits per heavy atom. The monoisotopic (exact) mass is 1940 g/mol. The van der Waals surface area contributed by atoms with E-state index in [1.807, 2.05) is 102 Å². The van der Waals surface area contributed by atoms with Crippen LogP contribution in [0.1, 0.15) is 49.9 Å². The summed E-state index contributed by atoms with van der Waals surface area (Å²) in [4.78, 5) is 46.8. The van der Waals surface area contributed by atoms with Crippen molar-refractivity contribution in [3.05, 3.63) is 489 Å². The second kappa shape index (κ2) is 34.7. The third-order valence-corrected chi connectivity index (χ3v) is 31.8. The normalized spacial score (nSPS) is 12.8. The average Bonchev–Trinajstić information content (AvgIpc) is 1.56. The lowest BCUT2D eigenvalue weighted by molar-refractivity contribution is 0.660. The molecule has 14 nitrogen and oxygen atoms in total. The molecule has 0 aliphatic heterocycles. The van der Waals surface area contributed by atoms with Gasteiger partial charge >= 0.3 is 0 Å². The summed E-state index contributed by atoms with van der Waals surface area (Å²) in [5.74, 6) is 5.54. The molecule has 0 unspecified atom stereocenters. The molecule has 0 amide bonds. The fourth-order valence-electron chi connectivity index (χ4n) is 23.3. The number of nitrogens with zero attached hydrogens (tertiary/aromatic N) is 13. The summed E-state index contributed by atoms with van der Waals surface area (Å²) in [6.07, 6.45) is 0. The van der Waals surface area contributed by atoms with E-state index in [4.69, 9.17) is 49.3 Å². The molecule has 706 valence electrons. The predicted octanol–water partition coefficient (Wildman–Crippen LogP) is 34.2. The lowest BCUT2D eigenvalue weighted by atomic mass is 9.82. The number of hydrogen-bond donors (Lipinski definition) is 0. The molecule has 9 aromatic heterocycles. The summed E-state index contributed by atoms with van der Waals surface area (Å²) < 4.78 is 18.1. The van der Waals surface area contributed by atoms with E-state index in [1.165, 1.54) is 97.3 Å². The Bertz CT molecular complexity index is 10200. The minimum Gasteiger partial charge on any atom is -0.454 e. The van der Waals surface area contributed by atoms with Gasteiger partial charge in [-0.1, -0.05) is 416 Å². The number of rotatable bonds is 12. The van der Waals surface area contributed by atoms with Crippen molar-refractivity contribution in [1.82, 2.24) is 63.1 Å². The van der Waals surface area contributed by atoms with Gasteiger partial charge in [-0.05, 0) is 146 Å². The van der Waals surface area contributed by atoms with Crippen LogP contribution in [0.2, 0.25) is 0 Å². The van der Waals surface area contributed by atoms with Crippen molar-refractivity contribution >= 4 is 141 Å². The van der Waals surface area contributed by atoms with Crippen molar-refractivity contribution in [3.8, 4) is 136 Å². The highest BCUT2D eigenvalue weighted by molar-refractivity contribution is 7.26. The minimum atomic E-state index is -0.152. The first-order valence-corrected chi connectivity index (χ1v) is 51.6. The maximum absolute atomic E-state index is 6.61. The Hall–Kier alpha value is -19.4. The van der Waals surface area contributed by atoms with Gasteiger partial charge in [-0.3, -0.25) is 13.7 Å². The molecule has 0 saturated heterocycles. The summed E-state index contributed by atoms with van der Waals surface area (Å²) in [7, 11) is 0. The minimum absolute atomic E-state index is 0.152. The van der Waals surface area contributed by atoms with Crippen molar-refractivity contribution in [2.75, 3.05) is 0 Å². The lowest BCUT2D eigenvalue weighted by Crippen LogP contribution is -2.15. The third-order valence-electron chi connectivity index (χ3n) is 30.6. The molecule has 0 spiro atoms. The Balaban J connectivity index is 0.000000106. The topological polar surface area (TPSA) is 149 Å². The molecule has 2 aliphatic carbocycles. The number of furan rings is 1. The van der Waals surface area contributed by atoms with Gasteiger partial charge in [0.1, 0.15) is 11.1 Å². The molecule has 0 N–H and O–H groups in total. The van der Waals surface area contributed by atoms with Gasteiger partial charge in [0.15, 0.2) is 40.5 Å². The fourth-order valence-corrected chi connectivity index (χ4v) is 24.5. The summed E-state index contributed by atoms with van der Waals surface area (Å²) in [6, 6.07) is 164. The Labute approximate surface area is 866 Å². The Morgan fingerprint density at radius 1 is 0.200 bits per heavy atom. The van der Waals surface area contributed by atoms with E-state index < -0.39 is 0 Å². The number of fused-ring (bicyclic) bond motifs is 26. The van der Waals surface area contributed by atoms with Gasteiger partial charge in [-0.25, -0.2) is 15.0 Å². The summed E-state index contributed by atoms with van der Waals surface area (Å²) in [5.41, 5.74) is 31.8. The van der Waals surface area contributed by atoms with Crippen molar-refractivity contribution < 1.29 is 4.42 Å². The molecule has 9 heterocycles. The van der Waals surface area contributed by atoms with E-state index in [0.29, 0.717) is 52.8 Å². The number of thiophene rings is 1. The van der Waals surface area contributed by atoms with Crippen LogP contribution in [0.5, 0.6) is 0 Å². The molecule has 0 radical (unpaired) electrons. The average molecular weight is 1940 g/mol. The first-order chi connectivity index (χ1) is 73.9. The number of para-hydroxylation sites is 6. The molecule has 31 rings (SSSR count). The van der Waals surface area contributed by atoms with Crippen LogP contribution in [0.25, 0.3) is 266 Å². The zero-order valence-corrected chi connectivity index (χ0v) is 82.9. The maximum atomic E-state index is 6.61. The lowest BCUT2D eigenvalue weighted by Gasteiger charge is -2.22. The van der Waals surface area contributed by atoms with Crippen molar-refractivity contribution in [3.63, 3.8) is 0 Å². The standard InChI is InChI=1S/C51H36N4S.C45H28N4O.C39H25N5/c1-50(2)39-17-9-5-13-31(39)33-23-21-29(27-41(33)50)47-52-48(30-22-24-34-32-14-6-10-18-40(32)51(3,4)42(34)28-30)54-49(53-47)55-43-19-11-7-15-35(43)37-25-26-38-36-16-8-12-20-44(36)56-46(38)45(37)55;1-3-11-29(12-4-1)31-19-23-33(24-20-31)43-46-44(34-25-21-32(22-26-34)30-13-5-2-6-14-30)48-45(47-43)49-39-17-9-7-15-35(39)37-27-28-38-36-16-8-10-18-40(36)50-42(38)41(37)49;1-4-14-26(15-5-1)37-40-38(27-16-6-2-7-17-27)42-39(41-37)44-34-23-13-11-21-30(34)32-24-35-31(25-36(32)44)29-20-10-12-22-33(29)43(35)28-18-8-3-9-19-28/h5-28H,1-4H3;1-28H;1-25H. The molecule has 0 atom stereocenters. The number of hydrogen-bond acceptors (Lipinski definition) is 11. The van der Waals surface area contributed by atoms with E-state index >= 15 is 0 Å². The van der Waals surface area contributed by atoms with Crippen molar-refractivity contribution in [1.29, 1.82) is 0 Å². The molecule has 2 aliphatic rings. The van der Waals surface area contributed by atoms with Crippen LogP contribution in [0, 0.1) is 0 Å². The summed E-state index contributed by atoms with van der Waals surface area (Å²) in [5, 5.41) is 13.9. The smallest absolute Gasteiger partial charge is 0.238 e. The molecule has 20 aromatic carbocycles. The molecular weight excluding hydrogens is 1850 g/mol. The van der Waals surface area contributed by atoms with E-state index in [1.54, 1.807) is 0 Å². The molecular formula is C135H89N13OS.